The highest BCUT2D eigenvalue weighted by Gasteiger charge is 2.40. The number of nitrogens with zero attached hydrogens (tertiary/aromatic N) is 5. The van der Waals surface area contributed by atoms with Crippen molar-refractivity contribution in [3.05, 3.63) is 30.2 Å². The van der Waals surface area contributed by atoms with Crippen LogP contribution in [0, 0.1) is 0 Å². The lowest BCUT2D eigenvalue weighted by Gasteiger charge is -2.28. The fourth-order valence-electron chi connectivity index (χ4n) is 3.06. The maximum atomic E-state index is 12.8. The van der Waals surface area contributed by atoms with Crippen LogP contribution in [0.15, 0.2) is 24.4 Å². The van der Waals surface area contributed by atoms with Gasteiger partial charge in [-0.25, -0.2) is 0 Å². The molecule has 3 rings (SSSR count). The van der Waals surface area contributed by atoms with Crippen LogP contribution in [0.1, 0.15) is 38.6 Å². The Morgan fingerprint density at radius 1 is 1.27 bits per heavy atom. The first-order chi connectivity index (χ1) is 10.6. The van der Waals surface area contributed by atoms with Crippen molar-refractivity contribution in [2.75, 3.05) is 19.6 Å². The maximum absolute atomic E-state index is 12.8. The second-order valence-corrected chi connectivity index (χ2v) is 7.23. The first-order valence-electron chi connectivity index (χ1n) is 7.66. The van der Waals surface area contributed by atoms with Crippen LogP contribution >= 0.6 is 0 Å². The van der Waals surface area contributed by atoms with E-state index in [0.29, 0.717) is 25.5 Å². The average Bonchev–Trinajstić information content (AvgIpc) is 3.14. The van der Waals surface area contributed by atoms with Crippen molar-refractivity contribution >= 4 is 15.9 Å². The van der Waals surface area contributed by atoms with Gasteiger partial charge in [-0.3, -0.25) is 4.40 Å². The molecule has 1 saturated heterocycles. The molecule has 0 radical (unpaired) electrons. The zero-order chi connectivity index (χ0) is 15.7. The molecule has 3 heterocycles. The number of hydrogen-bond donors (Lipinski definition) is 0. The minimum Gasteiger partial charge on any atom is -0.285 e. The Hall–Kier alpha value is -1.51. The maximum Gasteiger partial charge on any atom is 0.282 e. The Bertz CT molecular complexity index is 753. The summed E-state index contributed by atoms with van der Waals surface area (Å²) >= 11 is 0. The molecule has 22 heavy (non-hydrogen) atoms. The molecule has 2 aromatic heterocycles. The summed E-state index contributed by atoms with van der Waals surface area (Å²) in [5.74, 6) is 0.698. The zero-order valence-corrected chi connectivity index (χ0v) is 13.7. The SMILES string of the molecule is CCN(CC)S(=O)(=O)N1CCCC1c1nnc2ccccn12. The third kappa shape index (κ3) is 2.41. The van der Waals surface area contributed by atoms with E-state index in [1.54, 1.807) is 4.31 Å². The van der Waals surface area contributed by atoms with Crippen LogP contribution in [0.5, 0.6) is 0 Å². The second-order valence-electron chi connectivity index (χ2n) is 5.35. The summed E-state index contributed by atoms with van der Waals surface area (Å²) < 4.78 is 30.6. The highest BCUT2D eigenvalue weighted by atomic mass is 32.2. The van der Waals surface area contributed by atoms with Gasteiger partial charge in [-0.2, -0.15) is 17.0 Å². The van der Waals surface area contributed by atoms with Gasteiger partial charge in [0, 0.05) is 25.8 Å². The molecule has 1 aliphatic heterocycles. The topological polar surface area (TPSA) is 70.8 Å². The first-order valence-corrected chi connectivity index (χ1v) is 9.05. The van der Waals surface area contributed by atoms with Crippen LogP contribution in [0.2, 0.25) is 0 Å². The van der Waals surface area contributed by atoms with E-state index in [0.717, 1.165) is 18.5 Å². The lowest BCUT2D eigenvalue weighted by Crippen LogP contribution is -2.43. The average molecular weight is 323 g/mol. The van der Waals surface area contributed by atoms with Gasteiger partial charge in [0.25, 0.3) is 10.2 Å². The Kier molecular flexibility index (Phi) is 4.16. The standard InChI is InChI=1S/C14H21N5O2S/c1-3-17(4-2)22(20,21)19-11-7-8-12(19)14-16-15-13-9-5-6-10-18(13)14/h5-6,9-10,12H,3-4,7-8,11H2,1-2H3. The molecule has 0 amide bonds. The molecule has 8 heteroatoms. The van der Waals surface area contributed by atoms with Gasteiger partial charge in [-0.15, -0.1) is 10.2 Å². The molecule has 0 saturated carbocycles. The predicted molar refractivity (Wildman–Crippen MR) is 83.5 cm³/mol. The number of hydrogen-bond acceptors (Lipinski definition) is 4. The van der Waals surface area contributed by atoms with Crippen molar-refractivity contribution in [1.29, 1.82) is 0 Å². The molecule has 1 fully saturated rings. The summed E-state index contributed by atoms with van der Waals surface area (Å²) in [6.07, 6.45) is 3.49. The molecule has 0 N–H and O–H groups in total. The van der Waals surface area contributed by atoms with Crippen LogP contribution in [-0.2, 0) is 10.2 Å². The molecule has 120 valence electrons. The summed E-state index contributed by atoms with van der Waals surface area (Å²) in [6.45, 7) is 5.20. The Labute approximate surface area is 130 Å². The van der Waals surface area contributed by atoms with Crippen molar-refractivity contribution in [3.8, 4) is 0 Å². The number of pyridine rings is 1. The van der Waals surface area contributed by atoms with Crippen LogP contribution in [0.4, 0.5) is 0 Å². The Morgan fingerprint density at radius 2 is 2.05 bits per heavy atom. The van der Waals surface area contributed by atoms with E-state index in [9.17, 15) is 8.42 Å². The van der Waals surface area contributed by atoms with Crippen molar-refractivity contribution in [1.82, 2.24) is 23.2 Å². The summed E-state index contributed by atoms with van der Waals surface area (Å²) in [5, 5.41) is 8.38. The summed E-state index contributed by atoms with van der Waals surface area (Å²) in [6, 6.07) is 5.42. The molecule has 0 spiro atoms. The lowest BCUT2D eigenvalue weighted by atomic mass is 10.2. The minimum atomic E-state index is -3.46. The largest absolute Gasteiger partial charge is 0.285 e. The quantitative estimate of drug-likeness (QED) is 0.835. The van der Waals surface area contributed by atoms with Crippen molar-refractivity contribution in [2.45, 2.75) is 32.7 Å². The van der Waals surface area contributed by atoms with Crippen molar-refractivity contribution in [2.24, 2.45) is 0 Å². The van der Waals surface area contributed by atoms with Gasteiger partial charge < -0.3 is 0 Å². The molecular weight excluding hydrogens is 302 g/mol. The van der Waals surface area contributed by atoms with Crippen molar-refractivity contribution in [3.63, 3.8) is 0 Å². The predicted octanol–water partition coefficient (Wildman–Crippen LogP) is 1.45. The number of rotatable bonds is 5. The minimum absolute atomic E-state index is 0.247. The monoisotopic (exact) mass is 323 g/mol. The normalized spacial score (nSPS) is 20.2. The Morgan fingerprint density at radius 3 is 2.77 bits per heavy atom. The highest BCUT2D eigenvalue weighted by Crippen LogP contribution is 2.34. The van der Waals surface area contributed by atoms with Crippen LogP contribution in [0.3, 0.4) is 0 Å². The van der Waals surface area contributed by atoms with E-state index < -0.39 is 10.2 Å². The van der Waals surface area contributed by atoms with Gasteiger partial charge in [0.1, 0.15) is 0 Å². The van der Waals surface area contributed by atoms with Gasteiger partial charge >= 0.3 is 0 Å². The molecular formula is C14H21N5O2S. The fourth-order valence-corrected chi connectivity index (χ4v) is 4.89. The number of fused-ring (bicyclic) bond motifs is 1. The second kappa shape index (κ2) is 5.94. The third-order valence-electron chi connectivity index (χ3n) is 4.17. The molecule has 0 aliphatic carbocycles. The molecule has 1 atom stereocenters. The van der Waals surface area contributed by atoms with Crippen LogP contribution in [-0.4, -0.2) is 51.3 Å². The van der Waals surface area contributed by atoms with E-state index in [-0.39, 0.29) is 6.04 Å². The fraction of sp³-hybridized carbons (Fsp3) is 0.571. The van der Waals surface area contributed by atoms with E-state index in [4.69, 9.17) is 0 Å². The lowest BCUT2D eigenvalue weighted by molar-refractivity contribution is 0.330. The molecule has 0 bridgehead atoms. The molecule has 0 aromatic carbocycles. The summed E-state index contributed by atoms with van der Waals surface area (Å²) in [5.41, 5.74) is 0.740. The summed E-state index contributed by atoms with van der Waals surface area (Å²) in [7, 11) is -3.46. The van der Waals surface area contributed by atoms with Gasteiger partial charge in [-0.05, 0) is 25.0 Å². The third-order valence-corrected chi connectivity index (χ3v) is 6.37. The van der Waals surface area contributed by atoms with Crippen molar-refractivity contribution < 1.29 is 8.42 Å². The molecule has 1 aliphatic rings. The molecule has 7 nitrogen and oxygen atoms in total. The first kappa shape index (κ1) is 15.4. The smallest absolute Gasteiger partial charge is 0.282 e. The van der Waals surface area contributed by atoms with E-state index in [2.05, 4.69) is 10.2 Å². The van der Waals surface area contributed by atoms with E-state index in [1.807, 2.05) is 42.6 Å². The number of aromatic nitrogens is 3. The van der Waals surface area contributed by atoms with Gasteiger partial charge in [0.2, 0.25) is 0 Å². The van der Waals surface area contributed by atoms with Gasteiger partial charge in [0.05, 0.1) is 6.04 Å². The van der Waals surface area contributed by atoms with E-state index in [1.165, 1.54) is 4.31 Å². The van der Waals surface area contributed by atoms with Gasteiger partial charge in [0.15, 0.2) is 11.5 Å². The molecule has 2 aromatic rings. The van der Waals surface area contributed by atoms with Crippen LogP contribution in [0.25, 0.3) is 5.65 Å². The van der Waals surface area contributed by atoms with Crippen LogP contribution < -0.4 is 0 Å². The Balaban J connectivity index is 2.00. The molecule has 1 unspecified atom stereocenters. The van der Waals surface area contributed by atoms with Gasteiger partial charge in [-0.1, -0.05) is 19.9 Å². The van der Waals surface area contributed by atoms with E-state index >= 15 is 0 Å². The zero-order valence-electron chi connectivity index (χ0n) is 12.9. The highest BCUT2D eigenvalue weighted by molar-refractivity contribution is 7.86. The summed E-state index contributed by atoms with van der Waals surface area (Å²) in [4.78, 5) is 0.